The maximum absolute atomic E-state index is 12.1. The van der Waals surface area contributed by atoms with Gasteiger partial charge in [-0.3, -0.25) is 4.79 Å². The number of aliphatic hydroxyl groups is 1. The molecule has 17 heavy (non-hydrogen) atoms. The van der Waals surface area contributed by atoms with Gasteiger partial charge in [0.25, 0.3) is 0 Å². The molecule has 0 heterocycles. The summed E-state index contributed by atoms with van der Waals surface area (Å²) in [4.78, 5) is 12.1. The Kier molecular flexibility index (Phi) is 2.62. The minimum atomic E-state index is -0.981. The van der Waals surface area contributed by atoms with Gasteiger partial charge in [0, 0.05) is 11.0 Å². The molecule has 2 nitrogen and oxygen atoms in total. The maximum atomic E-state index is 12.1. The highest BCUT2D eigenvalue weighted by Gasteiger charge is 2.49. The molecule has 0 aliphatic heterocycles. The Morgan fingerprint density at radius 1 is 1.18 bits per heavy atom. The summed E-state index contributed by atoms with van der Waals surface area (Å²) in [5, 5.41) is 10.1. The zero-order chi connectivity index (χ0) is 12.9. The van der Waals surface area contributed by atoms with E-state index in [1.54, 1.807) is 19.1 Å². The van der Waals surface area contributed by atoms with E-state index < -0.39 is 5.60 Å². The van der Waals surface area contributed by atoms with Gasteiger partial charge in [-0.2, -0.15) is 0 Å². The number of ketones is 1. The van der Waals surface area contributed by atoms with Crippen LogP contribution in [0.5, 0.6) is 0 Å². The first-order valence-electron chi connectivity index (χ1n) is 6.37. The van der Waals surface area contributed by atoms with Gasteiger partial charge >= 0.3 is 0 Å². The third-order valence-electron chi connectivity index (χ3n) is 4.84. The van der Waals surface area contributed by atoms with Crippen molar-refractivity contribution in [1.29, 1.82) is 0 Å². The Balaban J connectivity index is 2.47. The zero-order valence-corrected chi connectivity index (χ0v) is 11.2. The van der Waals surface area contributed by atoms with Crippen LogP contribution in [0.3, 0.4) is 0 Å². The predicted octanol–water partition coefficient (Wildman–Crippen LogP) is 3.02. The van der Waals surface area contributed by atoms with Gasteiger partial charge in [0.15, 0.2) is 5.78 Å². The lowest BCUT2D eigenvalue weighted by molar-refractivity contribution is -0.113. The van der Waals surface area contributed by atoms with E-state index in [1.807, 2.05) is 0 Å². The number of hydrogen-bond donors (Lipinski definition) is 1. The fourth-order valence-electron chi connectivity index (χ4n) is 3.17. The molecule has 94 valence electrons. The quantitative estimate of drug-likeness (QED) is 0.757. The third kappa shape index (κ3) is 1.89. The van der Waals surface area contributed by atoms with E-state index in [1.165, 1.54) is 6.08 Å². The Hall–Kier alpha value is -0.890. The van der Waals surface area contributed by atoms with Crippen molar-refractivity contribution in [1.82, 2.24) is 0 Å². The van der Waals surface area contributed by atoms with Crippen molar-refractivity contribution in [3.05, 3.63) is 23.8 Å². The summed E-state index contributed by atoms with van der Waals surface area (Å²) in [6, 6.07) is 0. The molecule has 2 aliphatic carbocycles. The molecular weight excluding hydrogens is 212 g/mol. The molecule has 1 N–H and O–H groups in total. The average molecular weight is 234 g/mol. The van der Waals surface area contributed by atoms with Gasteiger partial charge in [0.2, 0.25) is 0 Å². The number of carbonyl (C=O) groups excluding carboxylic acids is 1. The molecule has 0 unspecified atom stereocenters. The van der Waals surface area contributed by atoms with Crippen LogP contribution < -0.4 is 0 Å². The van der Waals surface area contributed by atoms with Crippen LogP contribution in [-0.4, -0.2) is 16.5 Å². The molecule has 0 aromatic carbocycles. The van der Waals surface area contributed by atoms with Gasteiger partial charge in [-0.25, -0.2) is 0 Å². The van der Waals surface area contributed by atoms with Crippen molar-refractivity contribution in [2.24, 2.45) is 10.8 Å². The molecule has 0 spiro atoms. The van der Waals surface area contributed by atoms with Crippen LogP contribution in [0.25, 0.3) is 0 Å². The Labute approximate surface area is 103 Å². The summed E-state index contributed by atoms with van der Waals surface area (Å²) in [6.45, 7) is 8.34. The van der Waals surface area contributed by atoms with E-state index in [0.717, 1.165) is 24.8 Å². The highest BCUT2D eigenvalue weighted by molar-refractivity contribution is 6.06. The summed E-state index contributed by atoms with van der Waals surface area (Å²) >= 11 is 0. The van der Waals surface area contributed by atoms with Crippen LogP contribution in [0, 0.1) is 10.8 Å². The number of hydrogen-bond acceptors (Lipinski definition) is 2. The van der Waals surface area contributed by atoms with Gasteiger partial charge < -0.3 is 5.11 Å². The second-order valence-corrected chi connectivity index (χ2v) is 6.55. The molecule has 0 amide bonds. The molecular formula is C15H22O2. The Morgan fingerprint density at radius 2 is 1.82 bits per heavy atom. The van der Waals surface area contributed by atoms with E-state index in [2.05, 4.69) is 20.8 Å². The summed E-state index contributed by atoms with van der Waals surface area (Å²) in [6.07, 6.45) is 8.17. The Bertz CT molecular complexity index is 413. The van der Waals surface area contributed by atoms with Crippen LogP contribution >= 0.6 is 0 Å². The van der Waals surface area contributed by atoms with Crippen molar-refractivity contribution < 1.29 is 9.90 Å². The standard InChI is InChI=1S/C15H22O2/c1-13(2)7-5-8-15(13,4)11-10-14(3,17)9-6-12(11)16/h6,9-10,17H,5,7-8H2,1-4H3/t14-,15-/m1/s1. The second-order valence-electron chi connectivity index (χ2n) is 6.55. The SMILES string of the molecule is CC1(C)CCC[C@]1(C)C1=C[C@](C)(O)C=CC1=O. The van der Waals surface area contributed by atoms with Crippen LogP contribution in [0.15, 0.2) is 23.8 Å². The normalized spacial score (nSPS) is 40.5. The lowest BCUT2D eigenvalue weighted by Gasteiger charge is -2.41. The van der Waals surface area contributed by atoms with Crippen molar-refractivity contribution in [3.63, 3.8) is 0 Å². The lowest BCUT2D eigenvalue weighted by atomic mass is 9.62. The van der Waals surface area contributed by atoms with Gasteiger partial charge in [-0.15, -0.1) is 0 Å². The third-order valence-corrected chi connectivity index (χ3v) is 4.84. The molecule has 2 aliphatic rings. The lowest BCUT2D eigenvalue weighted by Crippen LogP contribution is -2.37. The molecule has 0 radical (unpaired) electrons. The molecule has 0 bridgehead atoms. The largest absolute Gasteiger partial charge is 0.382 e. The van der Waals surface area contributed by atoms with Crippen molar-refractivity contribution >= 4 is 5.78 Å². The minimum Gasteiger partial charge on any atom is -0.382 e. The summed E-state index contributed by atoms with van der Waals surface area (Å²) < 4.78 is 0. The van der Waals surface area contributed by atoms with Gasteiger partial charge in [-0.05, 0) is 43.4 Å². The highest BCUT2D eigenvalue weighted by Crippen LogP contribution is 2.57. The van der Waals surface area contributed by atoms with E-state index in [4.69, 9.17) is 0 Å². The molecule has 2 rings (SSSR count). The van der Waals surface area contributed by atoms with Gasteiger partial charge in [0.1, 0.15) is 0 Å². The number of allylic oxidation sites excluding steroid dienone is 2. The smallest absolute Gasteiger partial charge is 0.181 e. The average Bonchev–Trinajstić information content (AvgIpc) is 2.47. The topological polar surface area (TPSA) is 37.3 Å². The van der Waals surface area contributed by atoms with Crippen molar-refractivity contribution in [3.8, 4) is 0 Å². The Morgan fingerprint density at radius 3 is 2.35 bits per heavy atom. The highest BCUT2D eigenvalue weighted by atomic mass is 16.3. The first kappa shape index (κ1) is 12.6. The predicted molar refractivity (Wildman–Crippen MR) is 68.6 cm³/mol. The molecule has 0 saturated heterocycles. The molecule has 1 saturated carbocycles. The summed E-state index contributed by atoms with van der Waals surface area (Å²) in [5.74, 6) is 0.0639. The molecule has 0 aromatic rings. The number of rotatable bonds is 1. The van der Waals surface area contributed by atoms with Crippen molar-refractivity contribution in [2.45, 2.75) is 52.6 Å². The molecule has 1 fully saturated rings. The minimum absolute atomic E-state index is 0.0639. The van der Waals surface area contributed by atoms with Crippen LogP contribution in [0.4, 0.5) is 0 Å². The first-order chi connectivity index (χ1) is 7.68. The van der Waals surface area contributed by atoms with Crippen LogP contribution in [0.1, 0.15) is 47.0 Å². The van der Waals surface area contributed by atoms with Gasteiger partial charge in [0.05, 0.1) is 5.60 Å². The fraction of sp³-hybridized carbons (Fsp3) is 0.667. The number of carbonyl (C=O) groups is 1. The van der Waals surface area contributed by atoms with E-state index in [-0.39, 0.29) is 16.6 Å². The summed E-state index contributed by atoms with van der Waals surface area (Å²) in [7, 11) is 0. The van der Waals surface area contributed by atoms with E-state index in [9.17, 15) is 9.90 Å². The van der Waals surface area contributed by atoms with Crippen molar-refractivity contribution in [2.75, 3.05) is 0 Å². The zero-order valence-electron chi connectivity index (χ0n) is 11.2. The fourth-order valence-corrected chi connectivity index (χ4v) is 3.17. The van der Waals surface area contributed by atoms with Crippen LogP contribution in [-0.2, 0) is 4.79 Å². The summed E-state index contributed by atoms with van der Waals surface area (Å²) in [5.41, 5.74) is -0.174. The molecule has 2 atom stereocenters. The van der Waals surface area contributed by atoms with Crippen LogP contribution in [0.2, 0.25) is 0 Å². The molecule has 0 aromatic heterocycles. The van der Waals surface area contributed by atoms with E-state index >= 15 is 0 Å². The molecule has 2 heteroatoms. The van der Waals surface area contributed by atoms with E-state index in [0.29, 0.717) is 0 Å². The second kappa shape index (κ2) is 3.55. The van der Waals surface area contributed by atoms with Gasteiger partial charge in [-0.1, -0.05) is 27.2 Å². The maximum Gasteiger partial charge on any atom is 0.181 e. The monoisotopic (exact) mass is 234 g/mol. The first-order valence-corrected chi connectivity index (χ1v) is 6.37.